The molecule has 0 aliphatic carbocycles. The van der Waals surface area contributed by atoms with Gasteiger partial charge in [-0.25, -0.2) is 0 Å². The van der Waals surface area contributed by atoms with E-state index in [0.717, 1.165) is 35.3 Å². The SMILES string of the molecule is C=CCSCCNC(=NC)NCc1ccc(C)cc1OC. The van der Waals surface area contributed by atoms with E-state index in [1.165, 1.54) is 5.56 Å². The lowest BCUT2D eigenvalue weighted by Gasteiger charge is -2.14. The van der Waals surface area contributed by atoms with Crippen LogP contribution in [0.1, 0.15) is 11.1 Å². The number of aryl methyl sites for hydroxylation is 1. The van der Waals surface area contributed by atoms with Crippen LogP contribution in [0.25, 0.3) is 0 Å². The van der Waals surface area contributed by atoms with Crippen LogP contribution in [-0.4, -0.2) is 38.2 Å². The summed E-state index contributed by atoms with van der Waals surface area (Å²) in [6.45, 7) is 7.32. The third-order valence-electron chi connectivity index (χ3n) is 2.89. The third-order valence-corrected chi connectivity index (χ3v) is 3.85. The predicted octanol–water partition coefficient (Wildman–Crippen LogP) is 2.59. The van der Waals surface area contributed by atoms with E-state index in [0.29, 0.717) is 6.54 Å². The minimum absolute atomic E-state index is 0.683. The lowest BCUT2D eigenvalue weighted by atomic mass is 10.1. The van der Waals surface area contributed by atoms with Crippen molar-refractivity contribution < 1.29 is 4.74 Å². The molecule has 0 heterocycles. The molecule has 4 nitrogen and oxygen atoms in total. The van der Waals surface area contributed by atoms with Crippen molar-refractivity contribution in [2.24, 2.45) is 4.99 Å². The van der Waals surface area contributed by atoms with Crippen molar-refractivity contribution in [1.29, 1.82) is 0 Å². The molecule has 0 spiro atoms. The topological polar surface area (TPSA) is 45.7 Å². The monoisotopic (exact) mass is 307 g/mol. The minimum atomic E-state index is 0.683. The van der Waals surface area contributed by atoms with Crippen LogP contribution in [-0.2, 0) is 6.54 Å². The largest absolute Gasteiger partial charge is 0.496 e. The van der Waals surface area contributed by atoms with Gasteiger partial charge in [0.1, 0.15) is 5.75 Å². The van der Waals surface area contributed by atoms with Crippen molar-refractivity contribution in [3.05, 3.63) is 42.0 Å². The average Bonchev–Trinajstić information content (AvgIpc) is 2.50. The first-order chi connectivity index (χ1) is 10.2. The van der Waals surface area contributed by atoms with E-state index in [1.807, 2.05) is 23.9 Å². The van der Waals surface area contributed by atoms with Gasteiger partial charge in [0, 0.05) is 37.2 Å². The first kappa shape index (κ1) is 17.4. The van der Waals surface area contributed by atoms with Gasteiger partial charge in [0.15, 0.2) is 5.96 Å². The van der Waals surface area contributed by atoms with Crippen LogP contribution in [0.3, 0.4) is 0 Å². The van der Waals surface area contributed by atoms with Crippen molar-refractivity contribution in [3.63, 3.8) is 0 Å². The van der Waals surface area contributed by atoms with Crippen molar-refractivity contribution in [2.45, 2.75) is 13.5 Å². The molecule has 0 saturated heterocycles. The Morgan fingerprint density at radius 1 is 1.43 bits per heavy atom. The summed E-state index contributed by atoms with van der Waals surface area (Å²) in [5.74, 6) is 3.71. The van der Waals surface area contributed by atoms with Crippen LogP contribution in [0.4, 0.5) is 0 Å². The highest BCUT2D eigenvalue weighted by Gasteiger charge is 2.04. The Morgan fingerprint density at radius 2 is 2.24 bits per heavy atom. The van der Waals surface area contributed by atoms with Gasteiger partial charge in [-0.2, -0.15) is 11.8 Å². The maximum absolute atomic E-state index is 5.40. The smallest absolute Gasteiger partial charge is 0.191 e. The van der Waals surface area contributed by atoms with E-state index in [9.17, 15) is 0 Å². The summed E-state index contributed by atoms with van der Waals surface area (Å²) in [6, 6.07) is 6.20. The molecule has 0 aliphatic heterocycles. The number of ether oxygens (including phenoxy) is 1. The average molecular weight is 307 g/mol. The van der Waals surface area contributed by atoms with Crippen LogP contribution in [0.5, 0.6) is 5.75 Å². The van der Waals surface area contributed by atoms with Crippen LogP contribution >= 0.6 is 11.8 Å². The fourth-order valence-corrected chi connectivity index (χ4v) is 2.39. The molecule has 0 saturated carbocycles. The molecule has 1 aromatic carbocycles. The molecule has 0 unspecified atom stereocenters. The van der Waals surface area contributed by atoms with Gasteiger partial charge in [-0.05, 0) is 18.6 Å². The zero-order chi connectivity index (χ0) is 15.5. The predicted molar refractivity (Wildman–Crippen MR) is 93.5 cm³/mol. The molecule has 2 N–H and O–H groups in total. The molecule has 0 fully saturated rings. The van der Waals surface area contributed by atoms with E-state index in [2.05, 4.69) is 41.3 Å². The molecule has 0 aromatic heterocycles. The Balaban J connectivity index is 2.43. The Labute approximate surface area is 132 Å². The fourth-order valence-electron chi connectivity index (χ4n) is 1.81. The summed E-state index contributed by atoms with van der Waals surface area (Å²) in [5.41, 5.74) is 2.31. The zero-order valence-electron chi connectivity index (χ0n) is 13.1. The van der Waals surface area contributed by atoms with E-state index >= 15 is 0 Å². The maximum atomic E-state index is 5.40. The first-order valence-corrected chi connectivity index (χ1v) is 8.13. The fraction of sp³-hybridized carbons (Fsp3) is 0.438. The number of rotatable bonds is 8. The van der Waals surface area contributed by atoms with Gasteiger partial charge >= 0.3 is 0 Å². The standard InChI is InChI=1S/C16H25N3OS/c1-5-9-21-10-8-18-16(17-3)19-12-14-7-6-13(2)11-15(14)20-4/h5-7,11H,1,8-10,12H2,2-4H3,(H2,17,18,19). The van der Waals surface area contributed by atoms with E-state index < -0.39 is 0 Å². The Kier molecular flexibility index (Phi) is 8.43. The summed E-state index contributed by atoms with van der Waals surface area (Å²) in [4.78, 5) is 4.22. The van der Waals surface area contributed by atoms with E-state index in [-0.39, 0.29) is 0 Å². The number of aliphatic imine (C=N–C) groups is 1. The van der Waals surface area contributed by atoms with Gasteiger partial charge < -0.3 is 15.4 Å². The normalized spacial score (nSPS) is 11.1. The Morgan fingerprint density at radius 3 is 2.90 bits per heavy atom. The van der Waals surface area contributed by atoms with Crippen LogP contribution < -0.4 is 15.4 Å². The summed E-state index contributed by atoms with van der Waals surface area (Å²) < 4.78 is 5.40. The Hall–Kier alpha value is -1.62. The summed E-state index contributed by atoms with van der Waals surface area (Å²) in [5, 5.41) is 6.59. The highest BCUT2D eigenvalue weighted by atomic mass is 32.2. The lowest BCUT2D eigenvalue weighted by molar-refractivity contribution is 0.408. The molecule has 0 radical (unpaired) electrons. The van der Waals surface area contributed by atoms with Crippen LogP contribution in [0.15, 0.2) is 35.8 Å². The first-order valence-electron chi connectivity index (χ1n) is 6.98. The molecular formula is C16H25N3OS. The lowest BCUT2D eigenvalue weighted by Crippen LogP contribution is -2.38. The molecule has 0 bridgehead atoms. The molecular weight excluding hydrogens is 282 g/mol. The molecule has 0 atom stereocenters. The minimum Gasteiger partial charge on any atom is -0.496 e. The van der Waals surface area contributed by atoms with E-state index in [1.54, 1.807) is 14.2 Å². The van der Waals surface area contributed by atoms with Gasteiger partial charge in [0.2, 0.25) is 0 Å². The number of guanidine groups is 1. The molecule has 5 heteroatoms. The number of nitrogens with one attached hydrogen (secondary N) is 2. The summed E-state index contributed by atoms with van der Waals surface area (Å²) in [7, 11) is 3.47. The van der Waals surface area contributed by atoms with Gasteiger partial charge in [-0.1, -0.05) is 18.2 Å². The van der Waals surface area contributed by atoms with Gasteiger partial charge in [0.25, 0.3) is 0 Å². The number of benzene rings is 1. The molecule has 1 rings (SSSR count). The van der Waals surface area contributed by atoms with Crippen molar-refractivity contribution in [3.8, 4) is 5.75 Å². The van der Waals surface area contributed by atoms with Crippen LogP contribution in [0, 0.1) is 6.92 Å². The number of methoxy groups -OCH3 is 1. The quantitative estimate of drug-likeness (QED) is 0.335. The number of hydrogen-bond donors (Lipinski definition) is 2. The zero-order valence-corrected chi connectivity index (χ0v) is 13.9. The van der Waals surface area contributed by atoms with Crippen LogP contribution in [0.2, 0.25) is 0 Å². The second-order valence-corrected chi connectivity index (χ2v) is 5.68. The number of hydrogen-bond acceptors (Lipinski definition) is 3. The number of nitrogens with zero attached hydrogens (tertiary/aromatic N) is 1. The van der Waals surface area contributed by atoms with E-state index in [4.69, 9.17) is 4.74 Å². The highest BCUT2D eigenvalue weighted by Crippen LogP contribution is 2.19. The van der Waals surface area contributed by atoms with Gasteiger partial charge in [0.05, 0.1) is 7.11 Å². The highest BCUT2D eigenvalue weighted by molar-refractivity contribution is 7.99. The van der Waals surface area contributed by atoms with Crippen molar-refractivity contribution >= 4 is 17.7 Å². The second-order valence-electron chi connectivity index (χ2n) is 4.53. The molecule has 0 amide bonds. The third kappa shape index (κ3) is 6.58. The molecule has 1 aromatic rings. The molecule has 0 aliphatic rings. The molecule has 116 valence electrons. The van der Waals surface area contributed by atoms with Gasteiger partial charge in [-0.15, -0.1) is 6.58 Å². The Bertz CT molecular complexity index is 475. The van der Waals surface area contributed by atoms with Crippen molar-refractivity contribution in [2.75, 3.05) is 32.2 Å². The van der Waals surface area contributed by atoms with Crippen molar-refractivity contribution in [1.82, 2.24) is 10.6 Å². The summed E-state index contributed by atoms with van der Waals surface area (Å²) >= 11 is 1.84. The number of thioether (sulfide) groups is 1. The second kappa shape index (κ2) is 10.2. The van der Waals surface area contributed by atoms with Gasteiger partial charge in [-0.3, -0.25) is 4.99 Å². The molecule has 21 heavy (non-hydrogen) atoms. The maximum Gasteiger partial charge on any atom is 0.191 e. The summed E-state index contributed by atoms with van der Waals surface area (Å²) in [6.07, 6.45) is 1.92.